The maximum Gasteiger partial charge on any atom is 0.429 e. The number of rotatable bonds is 7. The van der Waals surface area contributed by atoms with E-state index < -0.39 is 63.5 Å². The fourth-order valence-corrected chi connectivity index (χ4v) is 3.99. The number of benzene rings is 3. The predicted octanol–water partition coefficient (Wildman–Crippen LogP) is 8.63. The predicted molar refractivity (Wildman–Crippen MR) is 134 cm³/mol. The Morgan fingerprint density at radius 2 is 1.57 bits per heavy atom. The van der Waals surface area contributed by atoms with E-state index in [0.717, 1.165) is 43.0 Å². The van der Waals surface area contributed by atoms with Gasteiger partial charge in [-0.1, -0.05) is 31.3 Å². The Morgan fingerprint density at radius 3 is 2.15 bits per heavy atom. The van der Waals surface area contributed by atoms with Crippen molar-refractivity contribution >= 4 is 6.21 Å². The quantitative estimate of drug-likeness (QED) is 0.160. The van der Waals surface area contributed by atoms with Crippen molar-refractivity contribution < 1.29 is 39.9 Å². The lowest BCUT2D eigenvalue weighted by Crippen LogP contribution is -2.23. The molecule has 10 heteroatoms. The molecule has 1 heterocycles. The van der Waals surface area contributed by atoms with Gasteiger partial charge in [-0.2, -0.15) is 8.78 Å². The molecule has 3 aromatic carbocycles. The first-order valence-corrected chi connectivity index (χ1v) is 12.2. The number of nitrogens with zero attached hydrogens (tertiary/aromatic N) is 1. The van der Waals surface area contributed by atoms with Gasteiger partial charge in [0.1, 0.15) is 34.8 Å². The highest BCUT2D eigenvalue weighted by Crippen LogP contribution is 2.37. The second kappa shape index (κ2) is 11.9. The molecule has 0 saturated heterocycles. The van der Waals surface area contributed by atoms with Crippen LogP contribution in [0.1, 0.15) is 43.7 Å². The maximum atomic E-state index is 14.8. The third kappa shape index (κ3) is 6.53. The number of dihydropyridines is 1. The summed E-state index contributed by atoms with van der Waals surface area (Å²) < 4.78 is 118. The molecule has 0 fully saturated rings. The lowest BCUT2D eigenvalue weighted by atomic mass is 10.0. The van der Waals surface area contributed by atoms with E-state index >= 15 is 0 Å². The average Bonchev–Trinajstić information content (AvgIpc) is 2.89. The smallest absolute Gasteiger partial charge is 0.429 e. The van der Waals surface area contributed by atoms with Crippen molar-refractivity contribution in [3.63, 3.8) is 0 Å². The van der Waals surface area contributed by atoms with Crippen LogP contribution in [0.15, 0.2) is 59.1 Å². The standard InChI is InChI=1S/C30H21F8NO/c1-2-3-4-18-6-9-20(39-16-18)8-5-17-7-10-22(23(31)11-17)30(37,38)40-21-14-24(32)28(25(33)15-21)19-12-26(34)29(36)27(35)13-19/h6-7,10-16,20H,2-4,9H2,1H3. The lowest BCUT2D eigenvalue weighted by molar-refractivity contribution is -0.187. The van der Waals surface area contributed by atoms with Crippen LogP contribution in [0.2, 0.25) is 0 Å². The molecule has 0 amide bonds. The summed E-state index contributed by atoms with van der Waals surface area (Å²) in [5.74, 6) is -5.17. The van der Waals surface area contributed by atoms with Gasteiger partial charge in [-0.3, -0.25) is 4.99 Å². The number of alkyl halides is 2. The lowest BCUT2D eigenvalue weighted by Gasteiger charge is -2.19. The van der Waals surface area contributed by atoms with E-state index in [-0.39, 0.29) is 11.6 Å². The summed E-state index contributed by atoms with van der Waals surface area (Å²) in [4.78, 5) is 4.34. The Morgan fingerprint density at radius 1 is 0.900 bits per heavy atom. The fourth-order valence-electron chi connectivity index (χ4n) is 3.99. The number of unbranched alkanes of at least 4 members (excludes halogenated alkanes) is 1. The summed E-state index contributed by atoms with van der Waals surface area (Å²) in [6, 6.07) is 3.64. The normalized spacial score (nSPS) is 14.9. The zero-order valence-corrected chi connectivity index (χ0v) is 21.0. The first kappa shape index (κ1) is 28.9. The van der Waals surface area contributed by atoms with E-state index in [1.807, 2.05) is 6.08 Å². The highest BCUT2D eigenvalue weighted by Gasteiger charge is 2.38. The van der Waals surface area contributed by atoms with Gasteiger partial charge in [0, 0.05) is 23.9 Å². The molecule has 0 N–H and O–H groups in total. The van der Waals surface area contributed by atoms with Crippen molar-refractivity contribution in [1.29, 1.82) is 0 Å². The molecule has 1 aliphatic rings. The van der Waals surface area contributed by atoms with E-state index in [0.29, 0.717) is 30.7 Å². The van der Waals surface area contributed by atoms with Crippen LogP contribution in [0.5, 0.6) is 5.75 Å². The first-order chi connectivity index (χ1) is 19.0. The summed E-state index contributed by atoms with van der Waals surface area (Å²) in [5, 5.41) is 0. The number of aliphatic imine (C=N–C) groups is 1. The molecule has 0 bridgehead atoms. The SMILES string of the molecule is CCCCC1=CCC(C#Cc2ccc(C(F)(F)Oc3cc(F)c(-c4cc(F)c(F)c(F)c4)c(F)c3)c(F)c2)N=C1. The molecule has 1 aliphatic heterocycles. The minimum absolute atomic E-state index is 0.105. The van der Waals surface area contributed by atoms with Gasteiger partial charge in [-0.25, -0.2) is 26.3 Å². The van der Waals surface area contributed by atoms with Crippen LogP contribution in [0, 0.1) is 46.7 Å². The van der Waals surface area contributed by atoms with Crippen LogP contribution < -0.4 is 4.74 Å². The monoisotopic (exact) mass is 563 g/mol. The molecule has 0 radical (unpaired) electrons. The van der Waals surface area contributed by atoms with Gasteiger partial charge >= 0.3 is 6.11 Å². The number of hydrogen-bond donors (Lipinski definition) is 0. The highest BCUT2D eigenvalue weighted by atomic mass is 19.3. The summed E-state index contributed by atoms with van der Waals surface area (Å²) in [5.41, 5.74) is -1.71. The molecule has 208 valence electrons. The van der Waals surface area contributed by atoms with Gasteiger partial charge in [0.15, 0.2) is 17.5 Å². The first-order valence-electron chi connectivity index (χ1n) is 12.2. The van der Waals surface area contributed by atoms with Gasteiger partial charge in [-0.15, -0.1) is 0 Å². The zero-order chi connectivity index (χ0) is 29.0. The van der Waals surface area contributed by atoms with Crippen molar-refractivity contribution in [2.24, 2.45) is 4.99 Å². The van der Waals surface area contributed by atoms with Crippen LogP contribution in [-0.4, -0.2) is 12.3 Å². The van der Waals surface area contributed by atoms with Crippen molar-refractivity contribution in [3.8, 4) is 28.7 Å². The van der Waals surface area contributed by atoms with Crippen LogP contribution in [0.4, 0.5) is 35.1 Å². The van der Waals surface area contributed by atoms with E-state index in [1.165, 1.54) is 0 Å². The summed E-state index contributed by atoms with van der Waals surface area (Å²) >= 11 is 0. The minimum Gasteiger partial charge on any atom is -0.429 e. The third-order valence-corrected chi connectivity index (χ3v) is 6.04. The van der Waals surface area contributed by atoms with Crippen LogP contribution in [0.25, 0.3) is 11.1 Å². The van der Waals surface area contributed by atoms with Crippen molar-refractivity contribution in [1.82, 2.24) is 0 Å². The molecular formula is C30H21F8NO. The van der Waals surface area contributed by atoms with Gasteiger partial charge < -0.3 is 4.74 Å². The van der Waals surface area contributed by atoms with Crippen LogP contribution >= 0.6 is 0 Å². The van der Waals surface area contributed by atoms with Crippen molar-refractivity contribution in [2.45, 2.75) is 44.8 Å². The van der Waals surface area contributed by atoms with Crippen LogP contribution in [-0.2, 0) is 6.11 Å². The molecule has 0 spiro atoms. The van der Waals surface area contributed by atoms with E-state index in [1.54, 1.807) is 6.21 Å². The van der Waals surface area contributed by atoms with Crippen molar-refractivity contribution in [3.05, 3.63) is 100 Å². The number of halogens is 8. The summed E-state index contributed by atoms with van der Waals surface area (Å²) in [7, 11) is 0. The minimum atomic E-state index is -4.36. The second-order valence-electron chi connectivity index (χ2n) is 9.01. The molecular weight excluding hydrogens is 542 g/mol. The topological polar surface area (TPSA) is 21.6 Å². The molecule has 4 rings (SSSR count). The van der Waals surface area contributed by atoms with Gasteiger partial charge in [0.05, 0.1) is 5.56 Å². The Bertz CT molecular complexity index is 1500. The van der Waals surface area contributed by atoms with E-state index in [9.17, 15) is 35.1 Å². The van der Waals surface area contributed by atoms with Crippen LogP contribution in [0.3, 0.4) is 0 Å². The van der Waals surface area contributed by atoms with Gasteiger partial charge in [0.2, 0.25) is 0 Å². The molecule has 1 unspecified atom stereocenters. The molecule has 1 atom stereocenters. The van der Waals surface area contributed by atoms with E-state index in [4.69, 9.17) is 0 Å². The molecule has 0 aliphatic carbocycles. The number of ether oxygens (including phenoxy) is 1. The Hall–Kier alpha value is -4.13. The molecule has 0 aromatic heterocycles. The second-order valence-corrected chi connectivity index (χ2v) is 9.01. The Kier molecular flexibility index (Phi) is 8.62. The van der Waals surface area contributed by atoms with Gasteiger partial charge in [0.25, 0.3) is 0 Å². The molecule has 0 saturated carbocycles. The third-order valence-electron chi connectivity index (χ3n) is 6.04. The largest absolute Gasteiger partial charge is 0.429 e. The average molecular weight is 563 g/mol. The molecule has 3 aromatic rings. The Balaban J connectivity index is 1.50. The van der Waals surface area contributed by atoms with E-state index in [2.05, 4.69) is 28.5 Å². The Labute approximate surface area is 225 Å². The maximum absolute atomic E-state index is 14.8. The zero-order valence-electron chi connectivity index (χ0n) is 21.0. The fraction of sp³-hybridized carbons (Fsp3) is 0.233. The molecule has 40 heavy (non-hydrogen) atoms. The van der Waals surface area contributed by atoms with Gasteiger partial charge in [-0.05, 0) is 60.7 Å². The summed E-state index contributed by atoms with van der Waals surface area (Å²) in [6.07, 6.45) is 3.00. The summed E-state index contributed by atoms with van der Waals surface area (Å²) in [6.45, 7) is 2.09. The number of allylic oxidation sites excluding steroid dienone is 1. The molecule has 2 nitrogen and oxygen atoms in total. The highest BCUT2D eigenvalue weighted by molar-refractivity contribution is 5.79. The van der Waals surface area contributed by atoms with Crippen molar-refractivity contribution in [2.75, 3.05) is 0 Å². The number of hydrogen-bond acceptors (Lipinski definition) is 2.